The third-order valence-corrected chi connectivity index (χ3v) is 3.78. The van der Waals surface area contributed by atoms with Gasteiger partial charge in [-0.15, -0.1) is 5.01 Å². The average Bonchev–Trinajstić information content (AvgIpc) is 2.69. The molecule has 6 heteroatoms. The summed E-state index contributed by atoms with van der Waals surface area (Å²) in [6.07, 6.45) is 3.80. The van der Waals surface area contributed by atoms with Crippen LogP contribution in [0.3, 0.4) is 0 Å². The Morgan fingerprint density at radius 2 is 2.05 bits per heavy atom. The van der Waals surface area contributed by atoms with Gasteiger partial charge in [0.2, 0.25) is 0 Å². The van der Waals surface area contributed by atoms with Gasteiger partial charge < -0.3 is 5.32 Å². The number of nitrogens with one attached hydrogen (secondary N) is 1. The zero-order valence-electron chi connectivity index (χ0n) is 11.8. The Balaban J connectivity index is 2.13. The fraction of sp³-hybridized carbons (Fsp3) is 0.267. The maximum Gasteiger partial charge on any atom is 0.346 e. The van der Waals surface area contributed by atoms with Gasteiger partial charge in [-0.3, -0.25) is 4.79 Å². The van der Waals surface area contributed by atoms with E-state index >= 15 is 0 Å². The second-order valence-corrected chi connectivity index (χ2v) is 5.83. The molecule has 5 nitrogen and oxygen atoms in total. The first-order valence-corrected chi connectivity index (χ1v) is 7.38. The maximum atomic E-state index is 12.1. The molecule has 0 radical (unpaired) electrons. The van der Waals surface area contributed by atoms with E-state index in [1.54, 1.807) is 6.92 Å². The SMILES string of the molecule is CC[C@@]1(C)NC(=O)N(N=C/C(Br)=C/c2ccccc2)C1=O. The van der Waals surface area contributed by atoms with Gasteiger partial charge in [-0.05, 0) is 40.9 Å². The van der Waals surface area contributed by atoms with E-state index in [1.807, 2.05) is 43.3 Å². The highest BCUT2D eigenvalue weighted by molar-refractivity contribution is 9.12. The predicted molar refractivity (Wildman–Crippen MR) is 85.9 cm³/mol. The van der Waals surface area contributed by atoms with Crippen LogP contribution in [0.15, 0.2) is 39.9 Å². The number of imide groups is 1. The fourth-order valence-corrected chi connectivity index (χ4v) is 2.23. The second-order valence-electron chi connectivity index (χ2n) is 4.92. The number of hydrogen-bond donors (Lipinski definition) is 1. The number of hydrazone groups is 1. The van der Waals surface area contributed by atoms with Crippen molar-refractivity contribution in [3.8, 4) is 0 Å². The van der Waals surface area contributed by atoms with Crippen molar-refractivity contribution in [2.75, 3.05) is 0 Å². The Kier molecular flexibility index (Phi) is 4.57. The van der Waals surface area contributed by atoms with E-state index in [9.17, 15) is 9.59 Å². The van der Waals surface area contributed by atoms with Gasteiger partial charge in [0.05, 0.1) is 6.21 Å². The molecule has 1 aliphatic rings. The van der Waals surface area contributed by atoms with E-state index in [-0.39, 0.29) is 5.91 Å². The van der Waals surface area contributed by atoms with Gasteiger partial charge in [0.1, 0.15) is 5.54 Å². The summed E-state index contributed by atoms with van der Waals surface area (Å²) >= 11 is 3.35. The molecule has 110 valence electrons. The van der Waals surface area contributed by atoms with E-state index in [1.165, 1.54) is 6.21 Å². The van der Waals surface area contributed by atoms with E-state index in [4.69, 9.17) is 0 Å². The van der Waals surface area contributed by atoms with Crippen LogP contribution in [0.25, 0.3) is 6.08 Å². The van der Waals surface area contributed by atoms with E-state index in [2.05, 4.69) is 26.3 Å². The molecule has 0 unspecified atom stereocenters. The average molecular weight is 350 g/mol. The molecule has 0 aromatic heterocycles. The largest absolute Gasteiger partial charge is 0.346 e. The standard InChI is InChI=1S/C15H16BrN3O2/c1-3-15(2)13(20)19(14(21)18-15)17-10-12(16)9-11-7-5-4-6-8-11/h4-10H,3H2,1-2H3,(H,18,21)/b12-9-,17-10?/t15-/m1/s1. The monoisotopic (exact) mass is 349 g/mol. The number of nitrogens with zero attached hydrogens (tertiary/aromatic N) is 2. The van der Waals surface area contributed by atoms with Gasteiger partial charge >= 0.3 is 6.03 Å². The minimum absolute atomic E-state index is 0.341. The summed E-state index contributed by atoms with van der Waals surface area (Å²) in [5.74, 6) is -0.341. The van der Waals surface area contributed by atoms with Crippen LogP contribution < -0.4 is 5.32 Å². The number of carbonyl (C=O) groups is 2. The first-order chi connectivity index (χ1) is 9.96. The van der Waals surface area contributed by atoms with Crippen molar-refractivity contribution in [2.24, 2.45) is 5.10 Å². The molecule has 1 aromatic carbocycles. The number of benzene rings is 1. The molecule has 0 spiro atoms. The van der Waals surface area contributed by atoms with Crippen molar-refractivity contribution in [3.05, 3.63) is 40.4 Å². The third-order valence-electron chi connectivity index (χ3n) is 3.35. The fourth-order valence-electron chi connectivity index (χ4n) is 1.87. The van der Waals surface area contributed by atoms with Crippen LogP contribution in [0, 0.1) is 0 Å². The lowest BCUT2D eigenvalue weighted by atomic mass is 10.00. The molecule has 1 heterocycles. The Morgan fingerprint density at radius 3 is 2.62 bits per heavy atom. The predicted octanol–water partition coefficient (Wildman–Crippen LogP) is 3.13. The van der Waals surface area contributed by atoms with E-state index < -0.39 is 11.6 Å². The summed E-state index contributed by atoms with van der Waals surface area (Å²) in [4.78, 5) is 23.9. The minimum Gasteiger partial charge on any atom is -0.322 e. The van der Waals surface area contributed by atoms with Gasteiger partial charge in [0, 0.05) is 4.48 Å². The molecule has 1 atom stereocenters. The van der Waals surface area contributed by atoms with Gasteiger partial charge in [-0.1, -0.05) is 37.3 Å². The molecular weight excluding hydrogens is 334 g/mol. The van der Waals surface area contributed by atoms with Crippen molar-refractivity contribution in [3.63, 3.8) is 0 Å². The molecular formula is C15H16BrN3O2. The number of urea groups is 1. The Labute approximate surface area is 131 Å². The Morgan fingerprint density at radius 1 is 1.38 bits per heavy atom. The van der Waals surface area contributed by atoms with Crippen LogP contribution >= 0.6 is 15.9 Å². The molecule has 21 heavy (non-hydrogen) atoms. The van der Waals surface area contributed by atoms with Crippen molar-refractivity contribution < 1.29 is 9.59 Å². The van der Waals surface area contributed by atoms with E-state index in [0.717, 1.165) is 10.6 Å². The number of amides is 3. The second kappa shape index (κ2) is 6.22. The molecule has 1 fully saturated rings. The van der Waals surface area contributed by atoms with Crippen molar-refractivity contribution in [1.82, 2.24) is 10.3 Å². The van der Waals surface area contributed by atoms with E-state index in [0.29, 0.717) is 10.9 Å². The van der Waals surface area contributed by atoms with Crippen LogP contribution in [0.1, 0.15) is 25.8 Å². The number of halogens is 1. The van der Waals surface area contributed by atoms with Gasteiger partial charge in [-0.2, -0.15) is 5.10 Å². The summed E-state index contributed by atoms with van der Waals surface area (Å²) in [7, 11) is 0. The molecule has 0 aliphatic carbocycles. The van der Waals surface area contributed by atoms with Crippen molar-refractivity contribution in [1.29, 1.82) is 0 Å². The number of allylic oxidation sites excluding steroid dienone is 1. The third kappa shape index (κ3) is 3.39. The maximum absolute atomic E-state index is 12.1. The van der Waals surface area contributed by atoms with Crippen LogP contribution in [-0.4, -0.2) is 28.7 Å². The molecule has 0 bridgehead atoms. The first kappa shape index (κ1) is 15.4. The van der Waals surface area contributed by atoms with Crippen molar-refractivity contribution in [2.45, 2.75) is 25.8 Å². The van der Waals surface area contributed by atoms with Gasteiger partial charge in [0.15, 0.2) is 0 Å². The Bertz CT molecular complexity index is 613. The van der Waals surface area contributed by atoms with Crippen LogP contribution in [-0.2, 0) is 4.79 Å². The molecule has 1 aromatic rings. The smallest absolute Gasteiger partial charge is 0.322 e. The topological polar surface area (TPSA) is 61.8 Å². The lowest BCUT2D eigenvalue weighted by molar-refractivity contribution is -0.130. The van der Waals surface area contributed by atoms with Crippen LogP contribution in [0.4, 0.5) is 4.79 Å². The van der Waals surface area contributed by atoms with Crippen LogP contribution in [0.5, 0.6) is 0 Å². The summed E-state index contributed by atoms with van der Waals surface area (Å²) in [5, 5.41) is 7.46. The highest BCUT2D eigenvalue weighted by Crippen LogP contribution is 2.21. The molecule has 1 N–H and O–H groups in total. The highest BCUT2D eigenvalue weighted by Gasteiger charge is 2.46. The molecule has 1 aliphatic heterocycles. The number of rotatable bonds is 4. The molecule has 2 rings (SSSR count). The number of hydrogen-bond acceptors (Lipinski definition) is 3. The summed E-state index contributed by atoms with van der Waals surface area (Å²) in [5.41, 5.74) is 0.121. The zero-order valence-corrected chi connectivity index (χ0v) is 13.4. The molecule has 3 amide bonds. The number of carbonyl (C=O) groups excluding carboxylic acids is 2. The summed E-state index contributed by atoms with van der Waals surface area (Å²) in [6.45, 7) is 3.54. The van der Waals surface area contributed by atoms with Crippen LogP contribution in [0.2, 0.25) is 0 Å². The molecule has 0 saturated carbocycles. The highest BCUT2D eigenvalue weighted by atomic mass is 79.9. The summed E-state index contributed by atoms with van der Waals surface area (Å²) in [6, 6.07) is 9.16. The first-order valence-electron chi connectivity index (χ1n) is 6.59. The normalized spacial score (nSPS) is 23.0. The minimum atomic E-state index is -0.871. The van der Waals surface area contributed by atoms with Gasteiger partial charge in [-0.25, -0.2) is 4.79 Å². The molecule has 1 saturated heterocycles. The lowest BCUT2D eigenvalue weighted by Crippen LogP contribution is -2.42. The van der Waals surface area contributed by atoms with Crippen molar-refractivity contribution >= 4 is 40.2 Å². The quantitative estimate of drug-likeness (QED) is 0.670. The summed E-state index contributed by atoms with van der Waals surface area (Å²) < 4.78 is 0.666. The van der Waals surface area contributed by atoms with Gasteiger partial charge in [0.25, 0.3) is 5.91 Å². The lowest BCUT2D eigenvalue weighted by Gasteiger charge is -2.17. The Hall–Kier alpha value is -1.95. The zero-order chi connectivity index (χ0) is 15.5.